The lowest BCUT2D eigenvalue weighted by atomic mass is 10.2. The van der Waals surface area contributed by atoms with Crippen molar-refractivity contribution >= 4 is 17.5 Å². The number of ether oxygens (including phenoxy) is 2. The number of hydrogen-bond donors (Lipinski definition) is 2. The van der Waals surface area contributed by atoms with Gasteiger partial charge in [0.1, 0.15) is 0 Å². The second kappa shape index (κ2) is 6.53. The van der Waals surface area contributed by atoms with E-state index in [0.717, 1.165) is 12.1 Å². The lowest BCUT2D eigenvalue weighted by Crippen LogP contribution is -2.35. The van der Waals surface area contributed by atoms with Crippen LogP contribution in [0.1, 0.15) is 5.56 Å². The number of fused-ring (bicyclic) bond motifs is 1. The molecular formula is C16H12F2N2O4. The number of hydrogen-bond acceptors (Lipinski definition) is 4. The molecule has 1 aliphatic rings. The third kappa shape index (κ3) is 3.27. The Hall–Kier alpha value is -3.16. The number of carbonyl (C=O) groups is 2. The van der Waals surface area contributed by atoms with Crippen molar-refractivity contribution in [2.45, 2.75) is 6.54 Å². The lowest BCUT2D eigenvalue weighted by molar-refractivity contribution is -0.136. The molecule has 0 aromatic heterocycles. The lowest BCUT2D eigenvalue weighted by Gasteiger charge is -2.08. The highest BCUT2D eigenvalue weighted by Crippen LogP contribution is 2.32. The summed E-state index contributed by atoms with van der Waals surface area (Å²) in [5.74, 6) is -3.27. The summed E-state index contributed by atoms with van der Waals surface area (Å²) in [4.78, 5) is 23.5. The molecule has 2 aromatic carbocycles. The van der Waals surface area contributed by atoms with Crippen LogP contribution in [0.25, 0.3) is 0 Å². The molecule has 0 radical (unpaired) electrons. The average molecular weight is 334 g/mol. The van der Waals surface area contributed by atoms with Gasteiger partial charge in [0.05, 0.1) is 5.69 Å². The van der Waals surface area contributed by atoms with E-state index < -0.39 is 29.1 Å². The maximum absolute atomic E-state index is 13.5. The first-order valence-corrected chi connectivity index (χ1v) is 6.96. The summed E-state index contributed by atoms with van der Waals surface area (Å²) in [5.41, 5.74) is 0.288. The van der Waals surface area contributed by atoms with E-state index in [4.69, 9.17) is 9.47 Å². The fraction of sp³-hybridized carbons (Fsp3) is 0.125. The molecule has 2 amide bonds. The summed E-state index contributed by atoms with van der Waals surface area (Å²) in [5, 5.41) is 4.40. The van der Waals surface area contributed by atoms with Crippen molar-refractivity contribution in [3.05, 3.63) is 53.6 Å². The van der Waals surface area contributed by atoms with Crippen LogP contribution in [-0.2, 0) is 16.1 Å². The molecule has 0 aliphatic carbocycles. The van der Waals surface area contributed by atoms with Gasteiger partial charge in [-0.15, -0.1) is 0 Å². The smallest absolute Gasteiger partial charge is 0.313 e. The highest BCUT2D eigenvalue weighted by Gasteiger charge is 2.18. The molecule has 0 bridgehead atoms. The second-order valence-electron chi connectivity index (χ2n) is 4.93. The second-order valence-corrected chi connectivity index (χ2v) is 4.93. The third-order valence-corrected chi connectivity index (χ3v) is 3.30. The Morgan fingerprint density at radius 3 is 2.67 bits per heavy atom. The minimum Gasteiger partial charge on any atom is -0.454 e. The number of nitrogens with one attached hydrogen (secondary N) is 2. The number of carbonyl (C=O) groups excluding carboxylic acids is 2. The Morgan fingerprint density at radius 1 is 1.04 bits per heavy atom. The topological polar surface area (TPSA) is 76.7 Å². The summed E-state index contributed by atoms with van der Waals surface area (Å²) in [6, 6.07) is 8.35. The Labute approximate surface area is 135 Å². The van der Waals surface area contributed by atoms with Crippen molar-refractivity contribution in [1.82, 2.24) is 5.32 Å². The van der Waals surface area contributed by atoms with Crippen LogP contribution in [-0.4, -0.2) is 18.6 Å². The Bertz CT molecular complexity index is 811. The first-order chi connectivity index (χ1) is 11.5. The van der Waals surface area contributed by atoms with Crippen molar-refractivity contribution in [3.63, 3.8) is 0 Å². The number of amides is 2. The zero-order valence-corrected chi connectivity index (χ0v) is 12.3. The van der Waals surface area contributed by atoms with Crippen LogP contribution in [0, 0.1) is 11.6 Å². The van der Waals surface area contributed by atoms with Gasteiger partial charge in [0.2, 0.25) is 6.79 Å². The quantitative estimate of drug-likeness (QED) is 0.841. The summed E-state index contributed by atoms with van der Waals surface area (Å²) >= 11 is 0. The van der Waals surface area contributed by atoms with Crippen LogP contribution in [0.3, 0.4) is 0 Å². The number of benzene rings is 2. The van der Waals surface area contributed by atoms with Gasteiger partial charge < -0.3 is 20.1 Å². The van der Waals surface area contributed by atoms with Gasteiger partial charge in [0, 0.05) is 6.54 Å². The molecule has 8 heteroatoms. The van der Waals surface area contributed by atoms with Gasteiger partial charge in [0.25, 0.3) is 0 Å². The first-order valence-electron chi connectivity index (χ1n) is 6.96. The van der Waals surface area contributed by atoms with Gasteiger partial charge in [-0.1, -0.05) is 12.1 Å². The normalized spacial score (nSPS) is 11.9. The number of rotatable bonds is 3. The van der Waals surface area contributed by atoms with E-state index in [1.54, 1.807) is 18.2 Å². The minimum atomic E-state index is -1.23. The fourth-order valence-corrected chi connectivity index (χ4v) is 2.09. The fourth-order valence-electron chi connectivity index (χ4n) is 2.09. The van der Waals surface area contributed by atoms with E-state index in [9.17, 15) is 18.4 Å². The molecular weight excluding hydrogens is 322 g/mol. The van der Waals surface area contributed by atoms with E-state index in [0.29, 0.717) is 17.1 Å². The molecule has 24 heavy (non-hydrogen) atoms. The van der Waals surface area contributed by atoms with Gasteiger partial charge in [-0.2, -0.15) is 0 Å². The number of anilines is 1. The molecule has 1 aliphatic heterocycles. The highest BCUT2D eigenvalue weighted by molar-refractivity contribution is 6.39. The summed E-state index contributed by atoms with van der Waals surface area (Å²) in [7, 11) is 0. The van der Waals surface area contributed by atoms with E-state index in [-0.39, 0.29) is 13.3 Å². The van der Waals surface area contributed by atoms with Crippen LogP contribution in [0.15, 0.2) is 36.4 Å². The molecule has 6 nitrogen and oxygen atoms in total. The maximum Gasteiger partial charge on any atom is 0.313 e. The van der Waals surface area contributed by atoms with Crippen LogP contribution in [0.4, 0.5) is 14.5 Å². The van der Waals surface area contributed by atoms with Gasteiger partial charge >= 0.3 is 11.8 Å². The molecule has 0 unspecified atom stereocenters. The largest absolute Gasteiger partial charge is 0.454 e. The van der Waals surface area contributed by atoms with E-state index in [1.807, 2.05) is 5.32 Å². The van der Waals surface area contributed by atoms with Crippen LogP contribution in [0.5, 0.6) is 11.5 Å². The highest BCUT2D eigenvalue weighted by atomic mass is 19.2. The molecule has 0 spiro atoms. The van der Waals surface area contributed by atoms with Gasteiger partial charge in [-0.25, -0.2) is 8.78 Å². The van der Waals surface area contributed by atoms with Gasteiger partial charge in [-0.05, 0) is 29.8 Å². The Kier molecular flexibility index (Phi) is 4.28. The average Bonchev–Trinajstić information content (AvgIpc) is 3.04. The predicted octanol–water partition coefficient (Wildman–Crippen LogP) is 1.95. The van der Waals surface area contributed by atoms with Crippen molar-refractivity contribution in [1.29, 1.82) is 0 Å². The summed E-state index contributed by atoms with van der Waals surface area (Å²) in [6.07, 6.45) is 0. The Balaban J connectivity index is 1.58. The molecule has 124 valence electrons. The van der Waals surface area contributed by atoms with Crippen molar-refractivity contribution in [2.75, 3.05) is 12.1 Å². The molecule has 0 saturated heterocycles. The van der Waals surface area contributed by atoms with Crippen LogP contribution >= 0.6 is 0 Å². The molecule has 0 saturated carbocycles. The maximum atomic E-state index is 13.5. The SMILES string of the molecule is O=C(NCc1ccc2c(c1)OCO2)C(=O)Nc1cccc(F)c1F. The zero-order chi connectivity index (χ0) is 17.1. The summed E-state index contributed by atoms with van der Waals surface area (Å²) in [6.45, 7) is 0.196. The van der Waals surface area contributed by atoms with Gasteiger partial charge in [-0.3, -0.25) is 9.59 Å². The van der Waals surface area contributed by atoms with Crippen molar-refractivity contribution in [3.8, 4) is 11.5 Å². The van der Waals surface area contributed by atoms with Gasteiger partial charge in [0.15, 0.2) is 23.1 Å². The van der Waals surface area contributed by atoms with E-state index >= 15 is 0 Å². The molecule has 3 rings (SSSR count). The zero-order valence-electron chi connectivity index (χ0n) is 12.3. The molecule has 2 N–H and O–H groups in total. The minimum absolute atomic E-state index is 0.0640. The molecule has 0 atom stereocenters. The first kappa shape index (κ1) is 15.7. The predicted molar refractivity (Wildman–Crippen MR) is 79.4 cm³/mol. The molecule has 1 heterocycles. The van der Waals surface area contributed by atoms with Crippen molar-refractivity contribution in [2.24, 2.45) is 0 Å². The Morgan fingerprint density at radius 2 is 1.83 bits per heavy atom. The van der Waals surface area contributed by atoms with Crippen molar-refractivity contribution < 1.29 is 27.8 Å². The van der Waals surface area contributed by atoms with E-state index in [2.05, 4.69) is 5.32 Å². The molecule has 2 aromatic rings. The standard InChI is InChI=1S/C16H12F2N2O4/c17-10-2-1-3-11(14(10)18)20-16(22)15(21)19-7-9-4-5-12-13(6-9)24-8-23-12/h1-6H,7-8H2,(H,19,21)(H,20,22). The van der Waals surface area contributed by atoms with E-state index in [1.165, 1.54) is 6.07 Å². The molecule has 0 fully saturated rings. The third-order valence-electron chi connectivity index (χ3n) is 3.30. The van der Waals surface area contributed by atoms with Crippen LogP contribution < -0.4 is 20.1 Å². The number of halogens is 2. The van der Waals surface area contributed by atoms with Crippen LogP contribution in [0.2, 0.25) is 0 Å². The monoisotopic (exact) mass is 334 g/mol. The summed E-state index contributed by atoms with van der Waals surface area (Å²) < 4.78 is 36.9.